The molecule has 0 aliphatic rings. The standard InChI is InChI=1S/C31H63NO5/c1-3-5-7-9-11-13-14-15-16-17-19-21-23-25-29(35)31(37)32-27(26-33)30(36)28(34)24-22-20-18-12-10-8-6-4-2/h27-30,33-36H,3-26H2,1-2H3,(H,32,37). The average molecular weight is 530 g/mol. The second-order valence-corrected chi connectivity index (χ2v) is 11.2. The molecule has 0 aromatic rings. The van der Waals surface area contributed by atoms with Crippen LogP contribution in [0.3, 0.4) is 0 Å². The van der Waals surface area contributed by atoms with Gasteiger partial charge in [0.25, 0.3) is 0 Å². The van der Waals surface area contributed by atoms with Crippen LogP contribution in [0.5, 0.6) is 0 Å². The first kappa shape index (κ1) is 36.3. The molecule has 0 rings (SSSR count). The molecule has 5 N–H and O–H groups in total. The monoisotopic (exact) mass is 529 g/mol. The molecule has 37 heavy (non-hydrogen) atoms. The maximum absolute atomic E-state index is 12.3. The summed E-state index contributed by atoms with van der Waals surface area (Å²) in [5.41, 5.74) is 0. The highest BCUT2D eigenvalue weighted by Gasteiger charge is 2.28. The number of unbranched alkanes of at least 4 members (excludes halogenated alkanes) is 19. The second-order valence-electron chi connectivity index (χ2n) is 11.2. The highest BCUT2D eigenvalue weighted by molar-refractivity contribution is 5.80. The van der Waals surface area contributed by atoms with Crippen LogP contribution in [0.2, 0.25) is 0 Å². The van der Waals surface area contributed by atoms with Gasteiger partial charge in [-0.1, -0.05) is 149 Å². The summed E-state index contributed by atoms with van der Waals surface area (Å²) >= 11 is 0. The van der Waals surface area contributed by atoms with E-state index in [1.807, 2.05) is 0 Å². The van der Waals surface area contributed by atoms with E-state index < -0.39 is 36.9 Å². The molecule has 6 nitrogen and oxygen atoms in total. The summed E-state index contributed by atoms with van der Waals surface area (Å²) in [6, 6.07) is -0.974. The molecule has 0 aromatic carbocycles. The molecule has 0 saturated carbocycles. The van der Waals surface area contributed by atoms with Crippen molar-refractivity contribution in [2.75, 3.05) is 6.61 Å². The van der Waals surface area contributed by atoms with E-state index in [1.165, 1.54) is 96.3 Å². The number of carbonyl (C=O) groups is 1. The topological polar surface area (TPSA) is 110 Å². The normalized spacial score (nSPS) is 14.9. The van der Waals surface area contributed by atoms with Crippen molar-refractivity contribution in [2.45, 2.75) is 186 Å². The van der Waals surface area contributed by atoms with Crippen LogP contribution in [0.4, 0.5) is 0 Å². The van der Waals surface area contributed by atoms with Gasteiger partial charge in [0.1, 0.15) is 12.2 Å². The third-order valence-electron chi connectivity index (χ3n) is 7.57. The van der Waals surface area contributed by atoms with Gasteiger partial charge in [-0.15, -0.1) is 0 Å². The van der Waals surface area contributed by atoms with Crippen LogP contribution in [0.25, 0.3) is 0 Å². The largest absolute Gasteiger partial charge is 0.394 e. The number of aliphatic hydroxyl groups is 4. The van der Waals surface area contributed by atoms with Crippen molar-refractivity contribution in [3.8, 4) is 0 Å². The summed E-state index contributed by atoms with van der Waals surface area (Å²) in [5, 5.41) is 43.0. The predicted molar refractivity (Wildman–Crippen MR) is 155 cm³/mol. The number of hydrogen-bond acceptors (Lipinski definition) is 5. The van der Waals surface area contributed by atoms with E-state index in [4.69, 9.17) is 0 Å². The van der Waals surface area contributed by atoms with Crippen LogP contribution in [-0.4, -0.2) is 57.3 Å². The van der Waals surface area contributed by atoms with Crippen molar-refractivity contribution in [2.24, 2.45) is 0 Å². The molecular weight excluding hydrogens is 466 g/mol. The molecule has 0 bridgehead atoms. The first-order valence-electron chi connectivity index (χ1n) is 15.9. The van der Waals surface area contributed by atoms with Gasteiger partial charge in [-0.25, -0.2) is 0 Å². The summed E-state index contributed by atoms with van der Waals surface area (Å²) in [6.07, 6.45) is 22.7. The van der Waals surface area contributed by atoms with Crippen molar-refractivity contribution < 1.29 is 25.2 Å². The molecule has 0 aliphatic carbocycles. The van der Waals surface area contributed by atoms with E-state index in [-0.39, 0.29) is 0 Å². The van der Waals surface area contributed by atoms with Gasteiger partial charge < -0.3 is 25.7 Å². The number of amides is 1. The first-order valence-corrected chi connectivity index (χ1v) is 15.9. The van der Waals surface area contributed by atoms with Gasteiger partial charge in [-0.3, -0.25) is 4.79 Å². The Morgan fingerprint density at radius 2 is 0.919 bits per heavy atom. The zero-order valence-corrected chi connectivity index (χ0v) is 24.5. The fraction of sp³-hybridized carbons (Fsp3) is 0.968. The Kier molecular flexibility index (Phi) is 26.4. The van der Waals surface area contributed by atoms with Crippen molar-refractivity contribution in [1.82, 2.24) is 5.32 Å². The Bertz CT molecular complexity index is 490. The lowest BCUT2D eigenvalue weighted by Gasteiger charge is -2.27. The molecule has 0 fully saturated rings. The Labute approximate surface area is 229 Å². The highest BCUT2D eigenvalue weighted by atomic mass is 16.3. The molecule has 4 atom stereocenters. The Hall–Kier alpha value is -0.690. The molecule has 0 spiro atoms. The molecular formula is C31H63NO5. The molecule has 0 aromatic heterocycles. The maximum Gasteiger partial charge on any atom is 0.249 e. The van der Waals surface area contributed by atoms with E-state index in [9.17, 15) is 25.2 Å². The Morgan fingerprint density at radius 3 is 1.30 bits per heavy atom. The lowest BCUT2D eigenvalue weighted by Crippen LogP contribution is -2.53. The van der Waals surface area contributed by atoms with E-state index in [1.54, 1.807) is 0 Å². The molecule has 0 heterocycles. The van der Waals surface area contributed by atoms with E-state index in [2.05, 4.69) is 19.2 Å². The summed E-state index contributed by atoms with van der Waals surface area (Å²) in [7, 11) is 0. The smallest absolute Gasteiger partial charge is 0.249 e. The Morgan fingerprint density at radius 1 is 0.568 bits per heavy atom. The van der Waals surface area contributed by atoms with Crippen molar-refractivity contribution in [1.29, 1.82) is 0 Å². The maximum atomic E-state index is 12.3. The minimum atomic E-state index is -1.25. The molecule has 0 saturated heterocycles. The minimum Gasteiger partial charge on any atom is -0.394 e. The predicted octanol–water partition coefficient (Wildman–Crippen LogP) is 6.56. The van der Waals surface area contributed by atoms with E-state index in [0.29, 0.717) is 12.8 Å². The molecule has 222 valence electrons. The number of carbonyl (C=O) groups excluding carboxylic acids is 1. The van der Waals surface area contributed by atoms with Crippen LogP contribution in [0.1, 0.15) is 162 Å². The number of hydrogen-bond donors (Lipinski definition) is 5. The summed E-state index contributed by atoms with van der Waals surface area (Å²) in [5.74, 6) is -0.587. The average Bonchev–Trinajstić information content (AvgIpc) is 2.90. The summed E-state index contributed by atoms with van der Waals surface area (Å²) in [4.78, 5) is 12.3. The van der Waals surface area contributed by atoms with Gasteiger partial charge in [0.05, 0.1) is 18.8 Å². The fourth-order valence-electron chi connectivity index (χ4n) is 4.93. The summed E-state index contributed by atoms with van der Waals surface area (Å²) in [6.45, 7) is 3.97. The third-order valence-corrected chi connectivity index (χ3v) is 7.57. The lowest BCUT2D eigenvalue weighted by atomic mass is 9.99. The van der Waals surface area contributed by atoms with Crippen LogP contribution in [-0.2, 0) is 4.79 Å². The van der Waals surface area contributed by atoms with Crippen LogP contribution in [0.15, 0.2) is 0 Å². The van der Waals surface area contributed by atoms with E-state index >= 15 is 0 Å². The van der Waals surface area contributed by atoms with Gasteiger partial charge >= 0.3 is 0 Å². The number of aliphatic hydroxyl groups excluding tert-OH is 4. The zero-order chi connectivity index (χ0) is 27.6. The second kappa shape index (κ2) is 26.9. The number of nitrogens with one attached hydrogen (secondary N) is 1. The van der Waals surface area contributed by atoms with Gasteiger partial charge in [0.2, 0.25) is 5.91 Å². The van der Waals surface area contributed by atoms with Gasteiger partial charge in [-0.05, 0) is 12.8 Å². The van der Waals surface area contributed by atoms with Crippen LogP contribution in [0, 0.1) is 0 Å². The molecule has 6 heteroatoms. The van der Waals surface area contributed by atoms with Crippen molar-refractivity contribution in [3.05, 3.63) is 0 Å². The van der Waals surface area contributed by atoms with Gasteiger partial charge in [0.15, 0.2) is 0 Å². The summed E-state index contributed by atoms with van der Waals surface area (Å²) < 4.78 is 0. The van der Waals surface area contributed by atoms with Crippen molar-refractivity contribution >= 4 is 5.91 Å². The molecule has 4 unspecified atom stereocenters. The van der Waals surface area contributed by atoms with Gasteiger partial charge in [0, 0.05) is 0 Å². The first-order chi connectivity index (χ1) is 18.0. The van der Waals surface area contributed by atoms with Crippen LogP contribution < -0.4 is 5.32 Å². The number of rotatable bonds is 28. The van der Waals surface area contributed by atoms with E-state index in [0.717, 1.165) is 38.5 Å². The van der Waals surface area contributed by atoms with Crippen molar-refractivity contribution in [3.63, 3.8) is 0 Å². The molecule has 1 amide bonds. The lowest BCUT2D eigenvalue weighted by molar-refractivity contribution is -0.132. The zero-order valence-electron chi connectivity index (χ0n) is 24.5. The SMILES string of the molecule is CCCCCCCCCCCCCCCC(O)C(=O)NC(CO)C(O)C(O)CCCCCCCCCC. The Balaban J connectivity index is 3.85. The minimum absolute atomic E-state index is 0.374. The molecule has 0 radical (unpaired) electrons. The molecule has 0 aliphatic heterocycles. The van der Waals surface area contributed by atoms with Gasteiger partial charge in [-0.2, -0.15) is 0 Å². The highest BCUT2D eigenvalue weighted by Crippen LogP contribution is 2.15. The fourth-order valence-corrected chi connectivity index (χ4v) is 4.93. The quantitative estimate of drug-likeness (QED) is 0.0737. The van der Waals surface area contributed by atoms with Crippen LogP contribution >= 0.6 is 0 Å². The third kappa shape index (κ3) is 21.9.